The maximum absolute atomic E-state index is 4.93. The van der Waals surface area contributed by atoms with E-state index in [0.717, 1.165) is 6.42 Å². The minimum Gasteiger partial charge on any atom is -0.410 e. The Labute approximate surface area is 49.6 Å². The molecule has 0 saturated carbocycles. The van der Waals surface area contributed by atoms with Gasteiger partial charge in [0.15, 0.2) is 0 Å². The van der Waals surface area contributed by atoms with E-state index in [0.29, 0.717) is 0 Å². The molecular weight excluding hydrogens is 103 g/mol. The standard InChI is InChI=1S/C5H9BO2/c1-7-6(8-2)5-3-4-5/h3H,4H2,1-2H3. The molecule has 1 rings (SSSR count). The molecule has 0 radical (unpaired) electrons. The third-order valence-corrected chi connectivity index (χ3v) is 1.17. The van der Waals surface area contributed by atoms with Crippen LogP contribution in [0.3, 0.4) is 0 Å². The first-order chi connectivity index (χ1) is 3.88. The molecule has 0 N–H and O–H groups in total. The average molecular weight is 112 g/mol. The van der Waals surface area contributed by atoms with Crippen molar-refractivity contribution >= 4 is 7.12 Å². The molecule has 0 aromatic heterocycles. The van der Waals surface area contributed by atoms with E-state index in [2.05, 4.69) is 6.08 Å². The lowest BCUT2D eigenvalue weighted by Gasteiger charge is -2.01. The Balaban J connectivity index is 2.26. The monoisotopic (exact) mass is 112 g/mol. The van der Waals surface area contributed by atoms with Crippen molar-refractivity contribution in [3.63, 3.8) is 0 Å². The van der Waals surface area contributed by atoms with Crippen LogP contribution in [0.5, 0.6) is 0 Å². The van der Waals surface area contributed by atoms with E-state index < -0.39 is 0 Å². The van der Waals surface area contributed by atoms with Crippen molar-refractivity contribution in [2.75, 3.05) is 14.2 Å². The molecule has 3 heteroatoms. The molecule has 8 heavy (non-hydrogen) atoms. The molecule has 0 aliphatic heterocycles. The summed E-state index contributed by atoms with van der Waals surface area (Å²) in [7, 11) is 3.22. The van der Waals surface area contributed by atoms with Crippen molar-refractivity contribution in [3.8, 4) is 0 Å². The quantitative estimate of drug-likeness (QED) is 0.498. The first-order valence-electron chi connectivity index (χ1n) is 2.63. The van der Waals surface area contributed by atoms with Gasteiger partial charge >= 0.3 is 7.12 Å². The third-order valence-electron chi connectivity index (χ3n) is 1.17. The van der Waals surface area contributed by atoms with Gasteiger partial charge in [-0.15, -0.1) is 0 Å². The first kappa shape index (κ1) is 5.85. The second-order valence-electron chi connectivity index (χ2n) is 1.79. The van der Waals surface area contributed by atoms with Crippen LogP contribution in [0.15, 0.2) is 11.5 Å². The summed E-state index contributed by atoms with van der Waals surface area (Å²) < 4.78 is 9.87. The van der Waals surface area contributed by atoms with E-state index in [4.69, 9.17) is 9.31 Å². The molecular formula is C5H9BO2. The number of allylic oxidation sites excluding steroid dienone is 2. The van der Waals surface area contributed by atoms with Gasteiger partial charge in [-0.3, -0.25) is 0 Å². The van der Waals surface area contributed by atoms with Crippen LogP contribution < -0.4 is 0 Å². The zero-order chi connectivity index (χ0) is 5.98. The van der Waals surface area contributed by atoms with E-state index in [-0.39, 0.29) is 7.12 Å². The Morgan fingerprint density at radius 3 is 2.12 bits per heavy atom. The van der Waals surface area contributed by atoms with Gasteiger partial charge in [-0.25, -0.2) is 0 Å². The topological polar surface area (TPSA) is 18.5 Å². The minimum atomic E-state index is -0.0741. The molecule has 2 nitrogen and oxygen atoms in total. The zero-order valence-corrected chi connectivity index (χ0v) is 5.18. The van der Waals surface area contributed by atoms with E-state index in [1.165, 1.54) is 5.47 Å². The second kappa shape index (κ2) is 2.33. The van der Waals surface area contributed by atoms with Crippen LogP contribution in [0.4, 0.5) is 0 Å². The maximum Gasteiger partial charge on any atom is 0.489 e. The SMILES string of the molecule is COB(OC)C1=CC1. The molecule has 1 aliphatic carbocycles. The molecule has 0 atom stereocenters. The lowest BCUT2D eigenvalue weighted by atomic mass is 9.86. The summed E-state index contributed by atoms with van der Waals surface area (Å²) in [6, 6.07) is 0. The van der Waals surface area contributed by atoms with Gasteiger partial charge in [0, 0.05) is 14.2 Å². The lowest BCUT2D eigenvalue weighted by Crippen LogP contribution is -2.17. The van der Waals surface area contributed by atoms with Crippen molar-refractivity contribution in [2.24, 2.45) is 0 Å². The summed E-state index contributed by atoms with van der Waals surface area (Å²) in [5.41, 5.74) is 1.26. The predicted molar refractivity (Wildman–Crippen MR) is 32.5 cm³/mol. The number of rotatable bonds is 3. The second-order valence-corrected chi connectivity index (χ2v) is 1.79. The smallest absolute Gasteiger partial charge is 0.410 e. The minimum absolute atomic E-state index is 0.0741. The highest BCUT2D eigenvalue weighted by Crippen LogP contribution is 2.21. The highest BCUT2D eigenvalue weighted by atomic mass is 16.6. The van der Waals surface area contributed by atoms with Crippen LogP contribution in [0.25, 0.3) is 0 Å². The Kier molecular flexibility index (Phi) is 1.71. The van der Waals surface area contributed by atoms with Gasteiger partial charge in [0.05, 0.1) is 0 Å². The summed E-state index contributed by atoms with van der Waals surface area (Å²) in [5, 5.41) is 0. The van der Waals surface area contributed by atoms with Gasteiger partial charge in [0.25, 0.3) is 0 Å². The van der Waals surface area contributed by atoms with Crippen LogP contribution in [0.1, 0.15) is 6.42 Å². The van der Waals surface area contributed by atoms with E-state index in [1.54, 1.807) is 14.2 Å². The number of hydrogen-bond donors (Lipinski definition) is 0. The fourth-order valence-electron chi connectivity index (χ4n) is 0.650. The third kappa shape index (κ3) is 1.11. The van der Waals surface area contributed by atoms with Crippen LogP contribution in [-0.2, 0) is 9.31 Å². The first-order valence-corrected chi connectivity index (χ1v) is 2.63. The van der Waals surface area contributed by atoms with Gasteiger partial charge in [0.2, 0.25) is 0 Å². The van der Waals surface area contributed by atoms with Crippen molar-refractivity contribution in [1.29, 1.82) is 0 Å². The Hall–Kier alpha value is -0.275. The molecule has 0 heterocycles. The molecule has 44 valence electrons. The van der Waals surface area contributed by atoms with Crippen molar-refractivity contribution in [3.05, 3.63) is 11.5 Å². The molecule has 0 spiro atoms. The van der Waals surface area contributed by atoms with E-state index >= 15 is 0 Å². The molecule has 0 saturated heterocycles. The Morgan fingerprint density at radius 2 is 2.00 bits per heavy atom. The molecule has 0 bridgehead atoms. The summed E-state index contributed by atoms with van der Waals surface area (Å²) in [5.74, 6) is 0. The van der Waals surface area contributed by atoms with Crippen molar-refractivity contribution < 1.29 is 9.31 Å². The summed E-state index contributed by atoms with van der Waals surface area (Å²) in [6.07, 6.45) is 3.16. The normalized spacial score (nSPS) is 15.5. The molecule has 0 fully saturated rings. The van der Waals surface area contributed by atoms with Crippen LogP contribution in [-0.4, -0.2) is 21.3 Å². The van der Waals surface area contributed by atoms with Gasteiger partial charge < -0.3 is 9.31 Å². The van der Waals surface area contributed by atoms with E-state index in [9.17, 15) is 0 Å². The predicted octanol–water partition coefficient (Wildman–Crippen LogP) is 0.637. The Morgan fingerprint density at radius 1 is 1.50 bits per heavy atom. The molecule has 0 unspecified atom stereocenters. The fourth-order valence-corrected chi connectivity index (χ4v) is 0.650. The molecule has 0 aromatic carbocycles. The Bertz CT molecular complexity index is 107. The van der Waals surface area contributed by atoms with Gasteiger partial charge in [-0.1, -0.05) is 6.08 Å². The molecule has 0 aromatic rings. The van der Waals surface area contributed by atoms with Gasteiger partial charge in [-0.05, 0) is 11.9 Å². The molecule has 0 amide bonds. The summed E-state index contributed by atoms with van der Waals surface area (Å²) in [4.78, 5) is 0. The van der Waals surface area contributed by atoms with Crippen molar-refractivity contribution in [1.82, 2.24) is 0 Å². The van der Waals surface area contributed by atoms with Crippen LogP contribution >= 0.6 is 0 Å². The van der Waals surface area contributed by atoms with E-state index in [1.807, 2.05) is 0 Å². The van der Waals surface area contributed by atoms with Gasteiger partial charge in [-0.2, -0.15) is 0 Å². The fraction of sp³-hybridized carbons (Fsp3) is 0.600. The largest absolute Gasteiger partial charge is 0.489 e. The van der Waals surface area contributed by atoms with Crippen LogP contribution in [0, 0.1) is 0 Å². The highest BCUT2D eigenvalue weighted by molar-refractivity contribution is 6.55. The van der Waals surface area contributed by atoms with Gasteiger partial charge in [0.1, 0.15) is 0 Å². The number of hydrogen-bond acceptors (Lipinski definition) is 2. The summed E-state index contributed by atoms with van der Waals surface area (Å²) >= 11 is 0. The molecule has 1 aliphatic rings. The summed E-state index contributed by atoms with van der Waals surface area (Å²) in [6.45, 7) is 0. The lowest BCUT2D eigenvalue weighted by molar-refractivity contribution is 0.288. The highest BCUT2D eigenvalue weighted by Gasteiger charge is 2.26. The van der Waals surface area contributed by atoms with Crippen molar-refractivity contribution in [2.45, 2.75) is 6.42 Å². The van der Waals surface area contributed by atoms with Crippen LogP contribution in [0.2, 0.25) is 0 Å². The maximum atomic E-state index is 4.93. The average Bonchev–Trinajstić information content (AvgIpc) is 2.53. The zero-order valence-electron chi connectivity index (χ0n) is 5.18.